The minimum atomic E-state index is -2.68. The van der Waals surface area contributed by atoms with Crippen molar-refractivity contribution in [3.8, 4) is 16.9 Å². The lowest BCUT2D eigenvalue weighted by Crippen LogP contribution is -2.42. The van der Waals surface area contributed by atoms with Gasteiger partial charge in [-0.1, -0.05) is 11.6 Å². The molecule has 2 aromatic heterocycles. The number of likely N-dealkylation sites (tertiary alicyclic amines) is 1. The molecule has 5 nitrogen and oxygen atoms in total. The highest BCUT2D eigenvalue weighted by atomic mass is 35.5. The highest BCUT2D eigenvalue weighted by Gasteiger charge is 2.35. The van der Waals surface area contributed by atoms with Crippen LogP contribution in [0.15, 0.2) is 41.6 Å². The number of rotatable bonds is 4. The predicted molar refractivity (Wildman–Crippen MR) is 113 cm³/mol. The average molecular weight is 434 g/mol. The molecule has 1 aromatic carbocycles. The number of nitrogens with zero attached hydrogens (tertiary/aromatic N) is 3. The van der Waals surface area contributed by atoms with Gasteiger partial charge in [0.1, 0.15) is 5.75 Å². The Bertz CT molecular complexity index is 1160. The summed E-state index contributed by atoms with van der Waals surface area (Å²) in [5, 5.41) is 1.70. The van der Waals surface area contributed by atoms with Gasteiger partial charge in [-0.25, -0.2) is 8.78 Å². The molecule has 3 aromatic rings. The van der Waals surface area contributed by atoms with Crippen molar-refractivity contribution >= 4 is 22.4 Å². The van der Waals surface area contributed by atoms with Crippen molar-refractivity contribution in [2.75, 3.05) is 20.2 Å². The molecule has 0 N–H and O–H groups in total. The van der Waals surface area contributed by atoms with Gasteiger partial charge in [0, 0.05) is 54.8 Å². The zero-order chi connectivity index (χ0) is 21.5. The van der Waals surface area contributed by atoms with Crippen LogP contribution >= 0.6 is 11.6 Å². The number of benzene rings is 1. The van der Waals surface area contributed by atoms with Gasteiger partial charge in [0.05, 0.1) is 19.0 Å². The zero-order valence-corrected chi connectivity index (χ0v) is 17.5. The number of fused-ring (bicyclic) bond motifs is 1. The lowest BCUT2D eigenvalue weighted by atomic mass is 9.99. The molecule has 8 heteroatoms. The highest BCUT2D eigenvalue weighted by molar-refractivity contribution is 6.32. The van der Waals surface area contributed by atoms with Gasteiger partial charge in [0.2, 0.25) is 0 Å². The highest BCUT2D eigenvalue weighted by Crippen LogP contribution is 2.37. The van der Waals surface area contributed by atoms with Crippen molar-refractivity contribution < 1.29 is 13.5 Å². The Labute approximate surface area is 177 Å². The Balaban J connectivity index is 1.78. The number of methoxy groups -OCH3 is 1. The molecule has 1 fully saturated rings. The monoisotopic (exact) mass is 433 g/mol. The zero-order valence-electron chi connectivity index (χ0n) is 16.8. The summed E-state index contributed by atoms with van der Waals surface area (Å²) >= 11 is 6.60. The van der Waals surface area contributed by atoms with E-state index in [1.165, 1.54) is 11.7 Å². The molecule has 0 spiro atoms. The number of pyridine rings is 2. The molecule has 4 rings (SSSR count). The Kier molecular flexibility index (Phi) is 5.51. The number of halogens is 3. The number of aromatic nitrogens is 2. The van der Waals surface area contributed by atoms with Gasteiger partial charge in [-0.2, -0.15) is 0 Å². The Morgan fingerprint density at radius 3 is 2.83 bits per heavy atom. The van der Waals surface area contributed by atoms with Crippen LogP contribution in [-0.2, 0) is 13.6 Å². The number of piperidine rings is 1. The molecule has 1 aliphatic heterocycles. The SMILES string of the molecule is COc1cc(-c2cn(C)c(=O)c3cnccc23)cc(Cl)c1CN1CCCC(F)(F)C1. The van der Waals surface area contributed by atoms with Gasteiger partial charge in [-0.3, -0.25) is 14.7 Å². The Morgan fingerprint density at radius 2 is 2.10 bits per heavy atom. The molecule has 0 radical (unpaired) electrons. The van der Waals surface area contributed by atoms with Gasteiger partial charge >= 0.3 is 0 Å². The first-order valence-corrected chi connectivity index (χ1v) is 10.1. The van der Waals surface area contributed by atoms with Crippen LogP contribution in [0.3, 0.4) is 0 Å². The molecule has 0 aliphatic carbocycles. The number of hydrogen-bond acceptors (Lipinski definition) is 4. The minimum absolute atomic E-state index is 0.0814. The van der Waals surface area contributed by atoms with Crippen molar-refractivity contribution in [2.45, 2.75) is 25.3 Å². The smallest absolute Gasteiger partial charge is 0.260 e. The lowest BCUT2D eigenvalue weighted by molar-refractivity contribution is -0.0662. The number of aryl methyl sites for hydroxylation is 1. The second kappa shape index (κ2) is 7.96. The van der Waals surface area contributed by atoms with Crippen molar-refractivity contribution in [2.24, 2.45) is 7.05 Å². The van der Waals surface area contributed by atoms with E-state index >= 15 is 0 Å². The quantitative estimate of drug-likeness (QED) is 0.608. The maximum atomic E-state index is 13.8. The fourth-order valence-corrected chi connectivity index (χ4v) is 4.32. The summed E-state index contributed by atoms with van der Waals surface area (Å²) in [5.74, 6) is -2.15. The molecule has 3 heterocycles. The minimum Gasteiger partial charge on any atom is -0.496 e. The van der Waals surface area contributed by atoms with Crippen LogP contribution < -0.4 is 10.3 Å². The van der Waals surface area contributed by atoms with Gasteiger partial charge < -0.3 is 9.30 Å². The fraction of sp³-hybridized carbons (Fsp3) is 0.364. The number of alkyl halides is 2. The molecule has 1 saturated heterocycles. The molecule has 1 aliphatic rings. The molecule has 30 heavy (non-hydrogen) atoms. The maximum Gasteiger partial charge on any atom is 0.260 e. The summed E-state index contributed by atoms with van der Waals surface area (Å²) in [7, 11) is 3.22. The predicted octanol–water partition coefficient (Wildman–Crippen LogP) is 4.49. The summed E-state index contributed by atoms with van der Waals surface area (Å²) in [5.41, 5.74) is 2.13. The van der Waals surface area contributed by atoms with Gasteiger partial charge in [-0.15, -0.1) is 0 Å². The van der Waals surface area contributed by atoms with Crippen molar-refractivity contribution in [3.05, 3.63) is 57.7 Å². The van der Waals surface area contributed by atoms with E-state index in [1.807, 2.05) is 6.07 Å². The van der Waals surface area contributed by atoms with Crippen LogP contribution in [0.25, 0.3) is 21.9 Å². The van der Waals surface area contributed by atoms with E-state index in [-0.39, 0.29) is 25.1 Å². The topological polar surface area (TPSA) is 47.4 Å². The molecule has 158 valence electrons. The van der Waals surface area contributed by atoms with Gasteiger partial charge in [0.15, 0.2) is 0 Å². The van der Waals surface area contributed by atoms with E-state index in [9.17, 15) is 13.6 Å². The third-order valence-electron chi connectivity index (χ3n) is 5.52. The van der Waals surface area contributed by atoms with E-state index in [4.69, 9.17) is 16.3 Å². The summed E-state index contributed by atoms with van der Waals surface area (Å²) < 4.78 is 34.7. The summed E-state index contributed by atoms with van der Waals surface area (Å²) in [6, 6.07) is 5.42. The van der Waals surface area contributed by atoms with Gasteiger partial charge in [-0.05, 0) is 42.1 Å². The van der Waals surface area contributed by atoms with Crippen LogP contribution in [0.4, 0.5) is 8.78 Å². The van der Waals surface area contributed by atoms with E-state index in [1.54, 1.807) is 42.7 Å². The summed E-state index contributed by atoms with van der Waals surface area (Å²) in [4.78, 5) is 18.2. The van der Waals surface area contributed by atoms with Crippen molar-refractivity contribution in [1.82, 2.24) is 14.5 Å². The van der Waals surface area contributed by atoms with E-state index in [0.29, 0.717) is 34.7 Å². The van der Waals surface area contributed by atoms with E-state index in [0.717, 1.165) is 16.5 Å². The van der Waals surface area contributed by atoms with Crippen LogP contribution in [-0.4, -0.2) is 40.6 Å². The van der Waals surface area contributed by atoms with Gasteiger partial charge in [0.25, 0.3) is 11.5 Å². The normalized spacial score (nSPS) is 16.7. The third-order valence-corrected chi connectivity index (χ3v) is 5.86. The molecular formula is C22H22ClF2N3O2. The molecule has 0 amide bonds. The standard InChI is InChI=1S/C22H22ClF2N3O2/c1-27-11-17(15-4-6-26-10-16(15)21(27)29)14-8-19(23)18(20(9-14)30-2)12-28-7-3-5-22(24,25)13-28/h4,6,8-11H,3,5,7,12-13H2,1-2H3. The van der Waals surface area contributed by atoms with Crippen LogP contribution in [0.2, 0.25) is 5.02 Å². The summed E-state index contributed by atoms with van der Waals surface area (Å²) in [6.45, 7) is 0.595. The van der Waals surface area contributed by atoms with Crippen LogP contribution in [0.5, 0.6) is 5.75 Å². The lowest BCUT2D eigenvalue weighted by Gasteiger charge is -2.33. The van der Waals surface area contributed by atoms with Crippen molar-refractivity contribution in [1.29, 1.82) is 0 Å². The average Bonchev–Trinajstić information content (AvgIpc) is 2.71. The first-order valence-electron chi connectivity index (χ1n) is 9.69. The first kappa shape index (κ1) is 20.8. The first-order chi connectivity index (χ1) is 14.3. The second-order valence-corrected chi connectivity index (χ2v) is 8.10. The summed E-state index contributed by atoms with van der Waals surface area (Å²) in [6.07, 6.45) is 5.30. The molecule has 0 bridgehead atoms. The van der Waals surface area contributed by atoms with Crippen LogP contribution in [0, 0.1) is 0 Å². The molecule has 0 unspecified atom stereocenters. The second-order valence-electron chi connectivity index (χ2n) is 7.69. The van der Waals surface area contributed by atoms with Crippen LogP contribution in [0.1, 0.15) is 18.4 Å². The van der Waals surface area contributed by atoms with E-state index in [2.05, 4.69) is 4.98 Å². The molecule has 0 saturated carbocycles. The Morgan fingerprint density at radius 1 is 1.30 bits per heavy atom. The van der Waals surface area contributed by atoms with E-state index < -0.39 is 5.92 Å². The molecule has 0 atom stereocenters. The fourth-order valence-electron chi connectivity index (χ4n) is 4.05. The largest absolute Gasteiger partial charge is 0.496 e. The third kappa shape index (κ3) is 3.91. The number of ether oxygens (including phenoxy) is 1. The van der Waals surface area contributed by atoms with Crippen molar-refractivity contribution in [3.63, 3.8) is 0 Å². The number of hydrogen-bond donors (Lipinski definition) is 0. The Hall–Kier alpha value is -2.51. The molecular weight excluding hydrogens is 412 g/mol. The maximum absolute atomic E-state index is 13.8.